The van der Waals surface area contributed by atoms with Crippen LogP contribution in [0.15, 0.2) is 4.52 Å². The highest BCUT2D eigenvalue weighted by Crippen LogP contribution is 2.39. The molecular formula is C15H27N3O2. The summed E-state index contributed by atoms with van der Waals surface area (Å²) in [6.45, 7) is 3.48. The number of hydrogen-bond donors (Lipinski definition) is 1. The van der Waals surface area contributed by atoms with E-state index >= 15 is 0 Å². The number of ether oxygens (including phenoxy) is 1. The Morgan fingerprint density at radius 2 is 2.00 bits per heavy atom. The van der Waals surface area contributed by atoms with Gasteiger partial charge in [-0.1, -0.05) is 30.8 Å². The van der Waals surface area contributed by atoms with E-state index in [1.54, 1.807) is 0 Å². The van der Waals surface area contributed by atoms with Crippen molar-refractivity contribution in [1.29, 1.82) is 0 Å². The van der Waals surface area contributed by atoms with E-state index < -0.39 is 0 Å². The van der Waals surface area contributed by atoms with Crippen LogP contribution in [0.1, 0.15) is 70.0 Å². The molecule has 0 aromatic carbocycles. The molecule has 2 rings (SSSR count). The highest BCUT2D eigenvalue weighted by Gasteiger charge is 2.39. The average Bonchev–Trinajstić information content (AvgIpc) is 2.94. The number of nitrogens with two attached hydrogens (primary N) is 1. The summed E-state index contributed by atoms with van der Waals surface area (Å²) < 4.78 is 11.4. The van der Waals surface area contributed by atoms with E-state index in [0.717, 1.165) is 56.8 Å². The van der Waals surface area contributed by atoms with Crippen LogP contribution >= 0.6 is 0 Å². The number of unbranched alkanes of at least 4 members (excludes halogenated alkanes) is 2. The third-order valence-corrected chi connectivity index (χ3v) is 4.05. The van der Waals surface area contributed by atoms with Gasteiger partial charge in [0.25, 0.3) is 0 Å². The maximum Gasteiger partial charge on any atom is 0.226 e. The molecule has 1 heterocycles. The van der Waals surface area contributed by atoms with Gasteiger partial charge < -0.3 is 15.0 Å². The van der Waals surface area contributed by atoms with Gasteiger partial charge in [0.15, 0.2) is 0 Å². The fourth-order valence-corrected chi connectivity index (χ4v) is 2.97. The summed E-state index contributed by atoms with van der Waals surface area (Å²) in [4.78, 5) is 4.59. The van der Waals surface area contributed by atoms with E-state index in [2.05, 4.69) is 10.1 Å². The summed E-state index contributed by atoms with van der Waals surface area (Å²) in [6, 6.07) is 0. The van der Waals surface area contributed by atoms with Gasteiger partial charge >= 0.3 is 0 Å². The molecular weight excluding hydrogens is 254 g/mol. The van der Waals surface area contributed by atoms with Crippen molar-refractivity contribution in [3.8, 4) is 0 Å². The second-order valence-electron chi connectivity index (χ2n) is 5.60. The van der Waals surface area contributed by atoms with Gasteiger partial charge in [-0.25, -0.2) is 0 Å². The van der Waals surface area contributed by atoms with E-state index in [1.165, 1.54) is 19.3 Å². The molecule has 0 atom stereocenters. The van der Waals surface area contributed by atoms with Crippen molar-refractivity contribution in [2.75, 3.05) is 13.2 Å². The van der Waals surface area contributed by atoms with Crippen molar-refractivity contribution >= 4 is 0 Å². The third kappa shape index (κ3) is 3.79. The van der Waals surface area contributed by atoms with Gasteiger partial charge in [-0.15, -0.1) is 0 Å². The second kappa shape index (κ2) is 7.74. The van der Waals surface area contributed by atoms with E-state index in [-0.39, 0.29) is 5.60 Å². The Morgan fingerprint density at radius 3 is 2.70 bits per heavy atom. The maximum absolute atomic E-state index is 6.01. The summed E-state index contributed by atoms with van der Waals surface area (Å²) in [5.74, 6) is 1.49. The molecule has 5 heteroatoms. The number of rotatable bonds is 8. The normalized spacial score (nSPS) is 18.3. The standard InChI is InChI=1S/C15H27N3O2/c1-2-19-15(10-6-4-7-11-15)14-17-13(20-18-14)9-5-3-8-12-16/h2-12,16H2,1H3. The minimum absolute atomic E-state index is 0.300. The van der Waals surface area contributed by atoms with Crippen LogP contribution < -0.4 is 5.73 Å². The van der Waals surface area contributed by atoms with Gasteiger partial charge in [-0.05, 0) is 39.2 Å². The summed E-state index contributed by atoms with van der Waals surface area (Å²) in [5, 5.41) is 4.19. The molecule has 0 unspecified atom stereocenters. The van der Waals surface area contributed by atoms with Crippen molar-refractivity contribution in [2.45, 2.75) is 70.3 Å². The first-order valence-electron chi connectivity index (χ1n) is 7.98. The third-order valence-electron chi connectivity index (χ3n) is 4.05. The Hall–Kier alpha value is -0.940. The molecule has 20 heavy (non-hydrogen) atoms. The van der Waals surface area contributed by atoms with Gasteiger partial charge in [0.05, 0.1) is 0 Å². The van der Waals surface area contributed by atoms with Crippen molar-refractivity contribution in [3.63, 3.8) is 0 Å². The van der Waals surface area contributed by atoms with E-state index in [9.17, 15) is 0 Å². The lowest BCUT2D eigenvalue weighted by Crippen LogP contribution is -2.33. The van der Waals surface area contributed by atoms with Crippen LogP contribution in [-0.4, -0.2) is 23.3 Å². The second-order valence-corrected chi connectivity index (χ2v) is 5.60. The molecule has 1 saturated carbocycles. The molecule has 0 amide bonds. The Balaban J connectivity index is 1.97. The molecule has 1 aromatic rings. The van der Waals surface area contributed by atoms with E-state index in [4.69, 9.17) is 15.0 Å². The van der Waals surface area contributed by atoms with Crippen LogP contribution in [0, 0.1) is 0 Å². The molecule has 1 aliphatic rings. The lowest BCUT2D eigenvalue weighted by Gasteiger charge is -2.33. The van der Waals surface area contributed by atoms with Crippen LogP contribution in [0.2, 0.25) is 0 Å². The molecule has 0 bridgehead atoms. The first-order valence-corrected chi connectivity index (χ1v) is 7.98. The Kier molecular flexibility index (Phi) is 5.98. The van der Waals surface area contributed by atoms with Crippen LogP contribution in [0.25, 0.3) is 0 Å². The van der Waals surface area contributed by atoms with Crippen LogP contribution in [0.5, 0.6) is 0 Å². The summed E-state index contributed by atoms with van der Waals surface area (Å²) in [7, 11) is 0. The van der Waals surface area contributed by atoms with Crippen LogP contribution in [0.3, 0.4) is 0 Å². The van der Waals surface area contributed by atoms with Crippen molar-refractivity contribution < 1.29 is 9.26 Å². The molecule has 114 valence electrons. The molecule has 2 N–H and O–H groups in total. The Bertz CT molecular complexity index is 381. The number of aryl methyl sites for hydroxylation is 1. The summed E-state index contributed by atoms with van der Waals surface area (Å²) >= 11 is 0. The lowest BCUT2D eigenvalue weighted by atomic mass is 9.84. The van der Waals surface area contributed by atoms with Gasteiger partial charge in [0.2, 0.25) is 11.7 Å². The lowest BCUT2D eigenvalue weighted by molar-refractivity contribution is -0.0777. The highest BCUT2D eigenvalue weighted by molar-refractivity contribution is 5.03. The molecule has 1 fully saturated rings. The molecule has 0 spiro atoms. The van der Waals surface area contributed by atoms with Crippen molar-refractivity contribution in [2.24, 2.45) is 5.73 Å². The number of aromatic nitrogens is 2. The number of nitrogens with zero attached hydrogens (tertiary/aromatic N) is 2. The first-order chi connectivity index (χ1) is 9.80. The summed E-state index contributed by atoms with van der Waals surface area (Å²) in [6.07, 6.45) is 9.73. The minimum Gasteiger partial charge on any atom is -0.367 e. The van der Waals surface area contributed by atoms with Crippen molar-refractivity contribution in [3.05, 3.63) is 11.7 Å². The molecule has 0 radical (unpaired) electrons. The summed E-state index contributed by atoms with van der Waals surface area (Å²) in [5.41, 5.74) is 5.19. The molecule has 5 nitrogen and oxygen atoms in total. The molecule has 1 aliphatic carbocycles. The first kappa shape index (κ1) is 15.4. The van der Waals surface area contributed by atoms with E-state index in [0.29, 0.717) is 6.61 Å². The van der Waals surface area contributed by atoms with Gasteiger partial charge in [0.1, 0.15) is 5.60 Å². The molecule has 1 aromatic heterocycles. The van der Waals surface area contributed by atoms with Crippen LogP contribution in [0.4, 0.5) is 0 Å². The quantitative estimate of drug-likeness (QED) is 0.741. The van der Waals surface area contributed by atoms with Gasteiger partial charge in [-0.2, -0.15) is 4.98 Å². The molecule has 0 aliphatic heterocycles. The van der Waals surface area contributed by atoms with Crippen molar-refractivity contribution in [1.82, 2.24) is 10.1 Å². The zero-order valence-corrected chi connectivity index (χ0v) is 12.6. The largest absolute Gasteiger partial charge is 0.367 e. The maximum atomic E-state index is 6.01. The Labute approximate surface area is 121 Å². The highest BCUT2D eigenvalue weighted by atomic mass is 16.5. The molecule has 0 saturated heterocycles. The SMILES string of the molecule is CCOC1(c2noc(CCCCCN)n2)CCCCC1. The minimum atomic E-state index is -0.300. The van der Waals surface area contributed by atoms with Gasteiger partial charge in [0, 0.05) is 13.0 Å². The monoisotopic (exact) mass is 281 g/mol. The average molecular weight is 281 g/mol. The van der Waals surface area contributed by atoms with E-state index in [1.807, 2.05) is 6.92 Å². The van der Waals surface area contributed by atoms with Gasteiger partial charge in [-0.3, -0.25) is 0 Å². The number of hydrogen-bond acceptors (Lipinski definition) is 5. The fourth-order valence-electron chi connectivity index (χ4n) is 2.97. The van der Waals surface area contributed by atoms with Crippen LogP contribution in [-0.2, 0) is 16.8 Å². The predicted molar refractivity (Wildman–Crippen MR) is 77.3 cm³/mol. The zero-order valence-electron chi connectivity index (χ0n) is 12.6. The predicted octanol–water partition coefficient (Wildman–Crippen LogP) is 2.94. The smallest absolute Gasteiger partial charge is 0.226 e. The Morgan fingerprint density at radius 1 is 1.20 bits per heavy atom. The fraction of sp³-hybridized carbons (Fsp3) is 0.867. The zero-order chi connectivity index (χ0) is 14.3. The topological polar surface area (TPSA) is 74.2 Å².